The Hall–Kier alpha value is -9.73. The Kier molecular flexibility index (Phi) is 13.1. The van der Waals surface area contributed by atoms with Crippen LogP contribution >= 0.6 is 0 Å². The number of benzene rings is 10. The normalized spacial score (nSPS) is 12.6. The zero-order valence-electron chi connectivity index (χ0n) is 46.9. The van der Waals surface area contributed by atoms with E-state index in [0.717, 1.165) is 95.8 Å². The molecule has 0 aliphatic carbocycles. The average molecular weight is 1100 g/mol. The van der Waals surface area contributed by atoms with Gasteiger partial charge in [0.2, 0.25) is 0 Å². The van der Waals surface area contributed by atoms with E-state index in [0.29, 0.717) is 28.3 Å². The molecule has 0 amide bonds. The number of rotatable bonds is 10. The maximum Gasteiger partial charge on any atom is 0.137 e. The van der Waals surface area contributed by atoms with Crippen molar-refractivity contribution in [3.63, 3.8) is 0 Å². The van der Waals surface area contributed by atoms with Gasteiger partial charge in [-0.15, -0.1) is 0 Å². The highest BCUT2D eigenvalue weighted by Crippen LogP contribution is 2.53. The van der Waals surface area contributed by atoms with E-state index in [4.69, 9.17) is 9.72 Å². The molecule has 0 saturated carbocycles. The van der Waals surface area contributed by atoms with E-state index in [-0.39, 0.29) is 23.2 Å². The van der Waals surface area contributed by atoms with Crippen LogP contribution in [-0.2, 0) is 10.8 Å². The van der Waals surface area contributed by atoms with Crippen molar-refractivity contribution in [1.29, 1.82) is 0 Å². The maximum absolute atomic E-state index is 15.5. The van der Waals surface area contributed by atoms with Crippen LogP contribution in [0.5, 0.6) is 11.5 Å². The zero-order chi connectivity index (χ0) is 57.3. The standard InChI is InChI=1S/C74H58F4N4O/c1-73(2,3)54-27-28-79-71(40-54)82-67-22-14-13-21-63(67)64-26-25-61(44-70(64)82)83-62-37-51(50-30-48(46-17-9-7-10-18-46)29-49(31-50)47-19-11-8-12-20-47)36-60(43-62)80-45-81(69-24-16-15-23-68(69)80)72-65(52-32-56(75)41-57(76)33-52)38-55(74(4,5)6)39-66(72)53-34-58(77)42-59(78)35-53/h7-44H,45H2,1-6H3. The summed E-state index contributed by atoms with van der Waals surface area (Å²) in [6.45, 7) is 12.9. The third-order valence-corrected chi connectivity index (χ3v) is 15.7. The lowest BCUT2D eigenvalue weighted by atomic mass is 9.82. The van der Waals surface area contributed by atoms with E-state index in [1.807, 2.05) is 112 Å². The molecule has 0 radical (unpaired) electrons. The molecule has 5 nitrogen and oxygen atoms in total. The van der Waals surface area contributed by atoms with Gasteiger partial charge in [-0.25, -0.2) is 22.5 Å². The molecular formula is C74H58F4N4O. The number of fused-ring (bicyclic) bond motifs is 4. The number of pyridine rings is 1. The first-order valence-corrected chi connectivity index (χ1v) is 27.8. The quantitative estimate of drug-likeness (QED) is 0.128. The number of ether oxygens (including phenoxy) is 1. The first-order chi connectivity index (χ1) is 40.0. The van der Waals surface area contributed by atoms with Crippen molar-refractivity contribution < 1.29 is 22.3 Å². The van der Waals surface area contributed by atoms with Crippen molar-refractivity contribution in [2.75, 3.05) is 16.5 Å². The van der Waals surface area contributed by atoms with E-state index in [9.17, 15) is 0 Å². The number of para-hydroxylation sites is 3. The number of halogens is 4. The Morgan fingerprint density at radius 1 is 0.386 bits per heavy atom. The van der Waals surface area contributed by atoms with Gasteiger partial charge in [-0.05, 0) is 176 Å². The molecule has 83 heavy (non-hydrogen) atoms. The van der Waals surface area contributed by atoms with Crippen molar-refractivity contribution in [1.82, 2.24) is 9.55 Å². The minimum atomic E-state index is -0.753. The molecule has 1 aliphatic rings. The minimum Gasteiger partial charge on any atom is -0.457 e. The lowest BCUT2D eigenvalue weighted by molar-refractivity contribution is 0.483. The fourth-order valence-electron chi connectivity index (χ4n) is 11.6. The van der Waals surface area contributed by atoms with Gasteiger partial charge in [-0.3, -0.25) is 4.57 Å². The van der Waals surface area contributed by atoms with E-state index in [1.54, 1.807) is 0 Å². The van der Waals surface area contributed by atoms with Crippen molar-refractivity contribution >= 4 is 44.6 Å². The molecule has 0 atom stereocenters. The molecule has 13 rings (SSSR count). The lowest BCUT2D eigenvalue weighted by Gasteiger charge is -2.30. The van der Waals surface area contributed by atoms with Gasteiger partial charge in [-0.1, -0.05) is 133 Å². The van der Waals surface area contributed by atoms with E-state index < -0.39 is 28.7 Å². The summed E-state index contributed by atoms with van der Waals surface area (Å²) >= 11 is 0. The van der Waals surface area contributed by atoms with Crippen LogP contribution < -0.4 is 14.5 Å². The van der Waals surface area contributed by atoms with Crippen LogP contribution in [0.3, 0.4) is 0 Å². The van der Waals surface area contributed by atoms with Crippen LogP contribution in [0.4, 0.5) is 40.3 Å². The van der Waals surface area contributed by atoms with Gasteiger partial charge in [-0.2, -0.15) is 0 Å². The van der Waals surface area contributed by atoms with Gasteiger partial charge in [0, 0.05) is 58.0 Å². The number of hydrogen-bond acceptors (Lipinski definition) is 4. The SMILES string of the molecule is CC(C)(C)c1ccnc(-n2c3ccccc3c3ccc(Oc4cc(-c5cc(-c6ccccc6)cc(-c6ccccc6)c5)cc(N5CN(c6c(-c7cc(F)cc(F)c7)cc(C(C)(C)C)cc6-c6cc(F)cc(F)c6)c6ccccc65)c4)cc32)c1. The first kappa shape index (κ1) is 52.6. The fraction of sp³-hybridized carbons (Fsp3) is 0.122. The Labute approximate surface area is 481 Å². The highest BCUT2D eigenvalue weighted by Gasteiger charge is 2.34. The van der Waals surface area contributed by atoms with Crippen LogP contribution in [0.1, 0.15) is 52.7 Å². The molecule has 0 unspecified atom stereocenters. The second-order valence-corrected chi connectivity index (χ2v) is 23.5. The zero-order valence-corrected chi connectivity index (χ0v) is 46.9. The van der Waals surface area contributed by atoms with E-state index in [2.05, 4.69) is 138 Å². The van der Waals surface area contributed by atoms with E-state index >= 15 is 17.6 Å². The van der Waals surface area contributed by atoms with Crippen LogP contribution in [0.15, 0.2) is 231 Å². The summed E-state index contributed by atoms with van der Waals surface area (Å²) in [5.74, 6) is -1.03. The topological polar surface area (TPSA) is 33.5 Å². The van der Waals surface area contributed by atoms with Crippen LogP contribution in [-0.4, -0.2) is 16.2 Å². The molecule has 0 spiro atoms. The average Bonchev–Trinajstić information content (AvgIpc) is 2.58. The molecule has 9 heteroatoms. The summed E-state index contributed by atoms with van der Waals surface area (Å²) in [4.78, 5) is 9.19. The molecule has 0 bridgehead atoms. The summed E-state index contributed by atoms with van der Waals surface area (Å²) in [7, 11) is 0. The minimum absolute atomic E-state index is 0.105. The van der Waals surface area contributed by atoms with E-state index in [1.165, 1.54) is 29.8 Å². The summed E-state index contributed by atoms with van der Waals surface area (Å²) in [6, 6.07) is 71.2. The van der Waals surface area contributed by atoms with Gasteiger partial charge in [0.25, 0.3) is 0 Å². The van der Waals surface area contributed by atoms with Crippen LogP contribution in [0.2, 0.25) is 0 Å². The van der Waals surface area contributed by atoms with Gasteiger partial charge in [0.1, 0.15) is 47.3 Å². The van der Waals surface area contributed by atoms with Crippen molar-refractivity contribution in [3.8, 4) is 73.0 Å². The Morgan fingerprint density at radius 3 is 1.47 bits per heavy atom. The summed E-state index contributed by atoms with van der Waals surface area (Å²) < 4.78 is 71.5. The Bertz CT molecular complexity index is 4310. The third-order valence-electron chi connectivity index (χ3n) is 15.7. The third kappa shape index (κ3) is 10.2. The molecule has 3 heterocycles. The molecule has 0 fully saturated rings. The molecule has 408 valence electrons. The number of aromatic nitrogens is 2. The molecule has 0 N–H and O–H groups in total. The molecule has 1 aliphatic heterocycles. The molecule has 2 aromatic heterocycles. The Morgan fingerprint density at radius 2 is 0.892 bits per heavy atom. The summed E-state index contributed by atoms with van der Waals surface area (Å²) in [5.41, 5.74) is 13.8. The highest BCUT2D eigenvalue weighted by atomic mass is 19.1. The summed E-state index contributed by atoms with van der Waals surface area (Å²) in [6.07, 6.45) is 1.88. The molecule has 0 saturated heterocycles. The van der Waals surface area contributed by atoms with Gasteiger partial charge in [0.05, 0.1) is 28.1 Å². The van der Waals surface area contributed by atoms with Crippen LogP contribution in [0.25, 0.3) is 83.3 Å². The Balaban J connectivity index is 1.02. The molecule has 10 aromatic carbocycles. The van der Waals surface area contributed by atoms with Crippen molar-refractivity contribution in [2.24, 2.45) is 0 Å². The predicted molar refractivity (Wildman–Crippen MR) is 332 cm³/mol. The number of hydrogen-bond donors (Lipinski definition) is 0. The molecule has 12 aromatic rings. The number of nitrogens with zero attached hydrogens (tertiary/aromatic N) is 4. The summed E-state index contributed by atoms with van der Waals surface area (Å²) in [5, 5.41) is 2.15. The van der Waals surface area contributed by atoms with Crippen molar-refractivity contribution in [3.05, 3.63) is 265 Å². The maximum atomic E-state index is 15.5. The van der Waals surface area contributed by atoms with Crippen molar-refractivity contribution in [2.45, 2.75) is 52.4 Å². The largest absolute Gasteiger partial charge is 0.457 e. The second kappa shape index (κ2) is 20.7. The second-order valence-electron chi connectivity index (χ2n) is 23.5. The van der Waals surface area contributed by atoms with Crippen LogP contribution in [0, 0.1) is 23.3 Å². The fourth-order valence-corrected chi connectivity index (χ4v) is 11.6. The smallest absolute Gasteiger partial charge is 0.137 e. The van der Waals surface area contributed by atoms with Gasteiger partial charge in [0.15, 0.2) is 0 Å². The lowest BCUT2D eigenvalue weighted by Crippen LogP contribution is -2.25. The first-order valence-electron chi connectivity index (χ1n) is 27.8. The number of anilines is 4. The van der Waals surface area contributed by atoms with Gasteiger partial charge < -0.3 is 14.5 Å². The monoisotopic (exact) mass is 1090 g/mol. The highest BCUT2D eigenvalue weighted by molar-refractivity contribution is 6.09. The molecular weight excluding hydrogens is 1040 g/mol. The predicted octanol–water partition coefficient (Wildman–Crippen LogP) is 20.7. The van der Waals surface area contributed by atoms with Gasteiger partial charge >= 0.3 is 0 Å².